The number of piperazine rings is 1. The van der Waals surface area contributed by atoms with Gasteiger partial charge in [-0.2, -0.15) is 0 Å². The third-order valence-corrected chi connectivity index (χ3v) is 7.98. The van der Waals surface area contributed by atoms with E-state index >= 15 is 0 Å². The minimum absolute atomic E-state index is 0.0471. The molecule has 31 heavy (non-hydrogen) atoms. The Kier molecular flexibility index (Phi) is 5.08. The van der Waals surface area contributed by atoms with Gasteiger partial charge in [0.25, 0.3) is 0 Å². The Morgan fingerprint density at radius 1 is 1.10 bits per heavy atom. The summed E-state index contributed by atoms with van der Waals surface area (Å²) >= 11 is 0. The lowest BCUT2D eigenvalue weighted by Crippen LogP contribution is -2.48. The van der Waals surface area contributed by atoms with Crippen molar-refractivity contribution in [3.05, 3.63) is 41.3 Å². The van der Waals surface area contributed by atoms with Gasteiger partial charge in [0.1, 0.15) is 11.6 Å². The van der Waals surface area contributed by atoms with Gasteiger partial charge in [0.15, 0.2) is 0 Å². The standard InChI is InChI=1S/C25H31FN4O/c1-16-19-9-8-18-22(17-6-4-5-7-20(17)26)27-24(30-14-12-29(3)13-15-30)28-23(18)25(19,2)11-10-21(16)31/h4-7,16,19H,8-15H2,1-3H3/t16-,19-,25-/m1/s1. The van der Waals surface area contributed by atoms with Crippen LogP contribution in [0.15, 0.2) is 24.3 Å². The van der Waals surface area contributed by atoms with Crippen LogP contribution in [-0.2, 0) is 16.6 Å². The number of ketones is 1. The SMILES string of the molecule is C[C@H]1C(=O)CC[C@@]2(C)c3nc(N4CCN(C)CC4)nc(-c4ccccc4F)c3CC[C@H]12. The van der Waals surface area contributed by atoms with Gasteiger partial charge in [0.05, 0.1) is 11.4 Å². The second-order valence-corrected chi connectivity index (χ2v) is 9.79. The molecule has 0 unspecified atom stereocenters. The van der Waals surface area contributed by atoms with Crippen molar-refractivity contribution in [2.24, 2.45) is 11.8 Å². The number of carbonyl (C=O) groups is 1. The molecular formula is C25H31FN4O. The number of nitrogens with zero attached hydrogens (tertiary/aromatic N) is 4. The Balaban J connectivity index is 1.68. The summed E-state index contributed by atoms with van der Waals surface area (Å²) in [7, 11) is 2.13. The zero-order valence-electron chi connectivity index (χ0n) is 18.7. The molecule has 1 saturated heterocycles. The fraction of sp³-hybridized carbons (Fsp3) is 0.560. The number of carbonyl (C=O) groups excluding carboxylic acids is 1. The van der Waals surface area contributed by atoms with Gasteiger partial charge in [-0.1, -0.05) is 26.0 Å². The molecular weight excluding hydrogens is 391 g/mol. The van der Waals surface area contributed by atoms with Crippen molar-refractivity contribution < 1.29 is 9.18 Å². The third-order valence-electron chi connectivity index (χ3n) is 7.98. The molecule has 0 bridgehead atoms. The number of halogens is 1. The molecule has 2 aromatic rings. The second-order valence-electron chi connectivity index (χ2n) is 9.79. The first-order chi connectivity index (χ1) is 14.9. The molecule has 0 N–H and O–H groups in total. The van der Waals surface area contributed by atoms with Crippen molar-refractivity contribution in [3.8, 4) is 11.3 Å². The van der Waals surface area contributed by atoms with Gasteiger partial charge in [0.2, 0.25) is 5.95 Å². The monoisotopic (exact) mass is 422 g/mol. The molecule has 1 aromatic carbocycles. The predicted octanol–water partition coefficient (Wildman–Crippen LogP) is 3.85. The van der Waals surface area contributed by atoms with Gasteiger partial charge >= 0.3 is 0 Å². The Morgan fingerprint density at radius 3 is 2.58 bits per heavy atom. The van der Waals surface area contributed by atoms with Gasteiger partial charge in [-0.05, 0) is 44.4 Å². The number of aromatic nitrogens is 2. The molecule has 1 aromatic heterocycles. The molecule has 1 saturated carbocycles. The minimum Gasteiger partial charge on any atom is -0.338 e. The van der Waals surface area contributed by atoms with E-state index in [1.807, 2.05) is 12.1 Å². The van der Waals surface area contributed by atoms with E-state index in [1.54, 1.807) is 6.07 Å². The highest BCUT2D eigenvalue weighted by Crippen LogP contribution is 2.52. The topological polar surface area (TPSA) is 49.3 Å². The average molecular weight is 423 g/mol. The molecule has 6 heteroatoms. The summed E-state index contributed by atoms with van der Waals surface area (Å²) in [5, 5.41) is 0. The first-order valence-corrected chi connectivity index (χ1v) is 11.5. The number of rotatable bonds is 2. The molecule has 2 aliphatic carbocycles. The van der Waals surface area contributed by atoms with Crippen molar-refractivity contribution in [2.75, 3.05) is 38.1 Å². The Hall–Kier alpha value is -2.34. The van der Waals surface area contributed by atoms with E-state index in [9.17, 15) is 9.18 Å². The molecule has 0 radical (unpaired) electrons. The van der Waals surface area contributed by atoms with Gasteiger partial charge in [-0.3, -0.25) is 4.79 Å². The molecule has 3 atom stereocenters. The molecule has 3 aliphatic rings. The van der Waals surface area contributed by atoms with E-state index in [0.717, 1.165) is 62.4 Å². The van der Waals surface area contributed by atoms with Gasteiger partial charge in [-0.15, -0.1) is 0 Å². The van der Waals surface area contributed by atoms with E-state index in [4.69, 9.17) is 9.97 Å². The zero-order valence-corrected chi connectivity index (χ0v) is 18.7. The van der Waals surface area contributed by atoms with Crippen LogP contribution in [0.25, 0.3) is 11.3 Å². The highest BCUT2D eigenvalue weighted by atomic mass is 19.1. The van der Waals surface area contributed by atoms with Crippen LogP contribution in [-0.4, -0.2) is 53.9 Å². The molecule has 0 spiro atoms. The lowest BCUT2D eigenvalue weighted by Gasteiger charge is -2.48. The van der Waals surface area contributed by atoms with Crippen LogP contribution < -0.4 is 4.90 Å². The fourth-order valence-corrected chi connectivity index (χ4v) is 5.94. The number of Topliss-reactive ketones (excluding diaryl/α,β-unsaturated/α-hetero) is 1. The van der Waals surface area contributed by atoms with E-state index in [1.165, 1.54) is 6.07 Å². The first-order valence-electron chi connectivity index (χ1n) is 11.5. The lowest BCUT2D eigenvalue weighted by atomic mass is 9.56. The van der Waals surface area contributed by atoms with Crippen LogP contribution in [0, 0.1) is 17.7 Å². The maximum Gasteiger partial charge on any atom is 0.226 e. The van der Waals surface area contributed by atoms with Gasteiger partial charge in [0, 0.05) is 55.1 Å². The quantitative estimate of drug-likeness (QED) is 0.736. The first kappa shape index (κ1) is 20.6. The normalized spacial score (nSPS) is 28.9. The maximum absolute atomic E-state index is 14.9. The average Bonchev–Trinajstić information content (AvgIpc) is 2.77. The van der Waals surface area contributed by atoms with E-state index in [0.29, 0.717) is 23.7 Å². The van der Waals surface area contributed by atoms with Crippen molar-refractivity contribution in [3.63, 3.8) is 0 Å². The molecule has 0 amide bonds. The van der Waals surface area contributed by atoms with Crippen molar-refractivity contribution in [1.82, 2.24) is 14.9 Å². The summed E-state index contributed by atoms with van der Waals surface area (Å²) in [6.07, 6.45) is 3.12. The number of hydrogen-bond acceptors (Lipinski definition) is 5. The minimum atomic E-state index is -0.243. The number of hydrogen-bond donors (Lipinski definition) is 0. The molecule has 2 fully saturated rings. The summed E-state index contributed by atoms with van der Waals surface area (Å²) in [4.78, 5) is 27.1. The van der Waals surface area contributed by atoms with Gasteiger partial charge < -0.3 is 9.80 Å². The van der Waals surface area contributed by atoms with E-state index in [2.05, 4.69) is 30.7 Å². The predicted molar refractivity (Wildman–Crippen MR) is 120 cm³/mol. The molecule has 5 rings (SSSR count). The highest BCUT2D eigenvalue weighted by Gasteiger charge is 2.50. The van der Waals surface area contributed by atoms with Crippen LogP contribution in [0.3, 0.4) is 0 Å². The molecule has 2 heterocycles. The van der Waals surface area contributed by atoms with E-state index in [-0.39, 0.29) is 23.1 Å². The number of likely N-dealkylation sites (N-methyl/N-ethyl adjacent to an activating group) is 1. The summed E-state index contributed by atoms with van der Waals surface area (Å²) < 4.78 is 14.9. The second kappa shape index (κ2) is 7.66. The van der Waals surface area contributed by atoms with Gasteiger partial charge in [-0.25, -0.2) is 14.4 Å². The molecule has 164 valence electrons. The Labute approximate surface area is 183 Å². The molecule has 5 nitrogen and oxygen atoms in total. The van der Waals surface area contributed by atoms with Crippen LogP contribution >= 0.6 is 0 Å². The number of benzene rings is 1. The highest BCUT2D eigenvalue weighted by molar-refractivity contribution is 5.82. The fourth-order valence-electron chi connectivity index (χ4n) is 5.94. The lowest BCUT2D eigenvalue weighted by molar-refractivity contribution is -0.128. The van der Waals surface area contributed by atoms with Crippen molar-refractivity contribution in [1.29, 1.82) is 0 Å². The summed E-state index contributed by atoms with van der Waals surface area (Å²) in [5.74, 6) is 1.16. The van der Waals surface area contributed by atoms with E-state index < -0.39 is 0 Å². The summed E-state index contributed by atoms with van der Waals surface area (Å²) in [5.41, 5.74) is 3.24. The molecule has 1 aliphatic heterocycles. The van der Waals surface area contributed by atoms with Crippen molar-refractivity contribution >= 4 is 11.7 Å². The van der Waals surface area contributed by atoms with Crippen molar-refractivity contribution in [2.45, 2.75) is 44.9 Å². The third kappa shape index (κ3) is 3.36. The van der Waals surface area contributed by atoms with Crippen LogP contribution in [0.5, 0.6) is 0 Å². The Bertz CT molecular complexity index is 1020. The van der Waals surface area contributed by atoms with Crippen LogP contribution in [0.1, 0.15) is 44.4 Å². The number of fused-ring (bicyclic) bond motifs is 3. The largest absolute Gasteiger partial charge is 0.338 e. The van der Waals surface area contributed by atoms with Crippen LogP contribution in [0.2, 0.25) is 0 Å². The zero-order chi connectivity index (χ0) is 21.8. The summed E-state index contributed by atoms with van der Waals surface area (Å²) in [6.45, 7) is 7.99. The summed E-state index contributed by atoms with van der Waals surface area (Å²) in [6, 6.07) is 6.93. The Morgan fingerprint density at radius 2 is 1.84 bits per heavy atom. The van der Waals surface area contributed by atoms with Crippen LogP contribution in [0.4, 0.5) is 10.3 Å². The smallest absolute Gasteiger partial charge is 0.226 e. The number of anilines is 1. The maximum atomic E-state index is 14.9.